The molecule has 1 saturated heterocycles. The van der Waals surface area contributed by atoms with E-state index in [2.05, 4.69) is 10.4 Å². The number of benzene rings is 1. The monoisotopic (exact) mass is 436 g/mol. The predicted molar refractivity (Wildman–Crippen MR) is 106 cm³/mol. The van der Waals surface area contributed by atoms with Crippen LogP contribution in [0, 0.1) is 17.0 Å². The Morgan fingerprint density at radius 1 is 1.30 bits per heavy atom. The zero-order valence-corrected chi connectivity index (χ0v) is 17.1. The summed E-state index contributed by atoms with van der Waals surface area (Å²) < 4.78 is 29.9. The number of carbonyl (C=O) groups excluding carboxylic acids is 2. The van der Waals surface area contributed by atoms with Crippen molar-refractivity contribution in [3.8, 4) is 0 Å². The molecule has 2 aromatic rings. The number of anilines is 1. The Labute approximate surface area is 172 Å². The molecule has 1 aromatic heterocycles. The molecule has 0 radical (unpaired) electrons. The third kappa shape index (κ3) is 4.64. The van der Waals surface area contributed by atoms with Crippen LogP contribution in [0.1, 0.15) is 45.8 Å². The number of aromatic nitrogens is 2. The maximum atomic E-state index is 12.8. The number of nitrogens with one attached hydrogen (secondary N) is 1. The van der Waals surface area contributed by atoms with Crippen LogP contribution in [0.4, 0.5) is 11.5 Å². The quantitative estimate of drug-likeness (QED) is 0.409. The summed E-state index contributed by atoms with van der Waals surface area (Å²) in [6.45, 7) is 3.36. The number of nitrogens with zero attached hydrogens (tertiary/aromatic N) is 3. The summed E-state index contributed by atoms with van der Waals surface area (Å²) in [5.74, 6) is -1.26. The van der Waals surface area contributed by atoms with E-state index in [-0.39, 0.29) is 35.1 Å². The molecule has 30 heavy (non-hydrogen) atoms. The molecular formula is C18H20N4O7S. The molecule has 1 amide bonds. The summed E-state index contributed by atoms with van der Waals surface area (Å²) in [7, 11) is -3.17. The fourth-order valence-corrected chi connectivity index (χ4v) is 4.92. The highest BCUT2D eigenvalue weighted by molar-refractivity contribution is 7.91. The van der Waals surface area contributed by atoms with Gasteiger partial charge in [-0.05, 0) is 26.3 Å². The molecule has 0 aliphatic carbocycles. The van der Waals surface area contributed by atoms with Gasteiger partial charge in [-0.2, -0.15) is 5.10 Å². The van der Waals surface area contributed by atoms with E-state index in [1.54, 1.807) is 19.9 Å². The van der Waals surface area contributed by atoms with E-state index in [1.165, 1.54) is 10.7 Å². The smallest absolute Gasteiger partial charge is 0.338 e. The molecule has 1 N–H and O–H groups in total. The van der Waals surface area contributed by atoms with Crippen LogP contribution in [0.2, 0.25) is 0 Å². The fourth-order valence-electron chi connectivity index (χ4n) is 3.23. The van der Waals surface area contributed by atoms with E-state index in [0.29, 0.717) is 12.1 Å². The van der Waals surface area contributed by atoms with Crippen LogP contribution in [-0.4, -0.2) is 53.1 Å². The maximum absolute atomic E-state index is 12.8. The van der Waals surface area contributed by atoms with Crippen molar-refractivity contribution < 1.29 is 27.7 Å². The summed E-state index contributed by atoms with van der Waals surface area (Å²) in [5.41, 5.74) is -0.0994. The highest BCUT2D eigenvalue weighted by Crippen LogP contribution is 2.28. The molecule has 11 nitrogen and oxygen atoms in total. The number of non-ortho nitro benzene ring substituents is 1. The normalized spacial score (nSPS) is 17.5. The van der Waals surface area contributed by atoms with E-state index in [0.717, 1.165) is 12.1 Å². The number of hydrogen-bond donors (Lipinski definition) is 1. The van der Waals surface area contributed by atoms with Gasteiger partial charge in [0.25, 0.3) is 11.6 Å². The molecule has 1 fully saturated rings. The second kappa shape index (κ2) is 8.22. The van der Waals surface area contributed by atoms with Crippen molar-refractivity contribution >= 4 is 33.2 Å². The van der Waals surface area contributed by atoms with Gasteiger partial charge >= 0.3 is 5.97 Å². The third-order valence-electron chi connectivity index (χ3n) is 4.56. The largest absolute Gasteiger partial charge is 0.462 e. The van der Waals surface area contributed by atoms with Gasteiger partial charge in [0.05, 0.1) is 40.3 Å². The molecule has 12 heteroatoms. The first kappa shape index (κ1) is 21.4. The van der Waals surface area contributed by atoms with Crippen LogP contribution >= 0.6 is 0 Å². The number of aryl methyl sites for hydroxylation is 1. The molecule has 0 bridgehead atoms. The van der Waals surface area contributed by atoms with Gasteiger partial charge < -0.3 is 10.1 Å². The fraction of sp³-hybridized carbons (Fsp3) is 0.389. The number of ether oxygens (including phenoxy) is 1. The lowest BCUT2D eigenvalue weighted by Gasteiger charge is -2.14. The summed E-state index contributed by atoms with van der Waals surface area (Å²) in [4.78, 5) is 35.3. The van der Waals surface area contributed by atoms with Gasteiger partial charge in [0.1, 0.15) is 5.82 Å². The molecule has 0 spiro atoms. The topological polar surface area (TPSA) is 150 Å². The molecule has 1 atom stereocenters. The number of nitro benzene ring substituents is 1. The molecule has 0 saturated carbocycles. The highest BCUT2D eigenvalue weighted by atomic mass is 32.2. The number of hydrogen-bond acceptors (Lipinski definition) is 8. The van der Waals surface area contributed by atoms with Crippen LogP contribution < -0.4 is 5.32 Å². The van der Waals surface area contributed by atoms with E-state index >= 15 is 0 Å². The van der Waals surface area contributed by atoms with Crippen LogP contribution in [0.25, 0.3) is 0 Å². The Kier molecular flexibility index (Phi) is 5.87. The zero-order chi connectivity index (χ0) is 22.1. The highest BCUT2D eigenvalue weighted by Gasteiger charge is 2.31. The number of carbonyl (C=O) groups is 2. The number of sulfone groups is 1. The third-order valence-corrected chi connectivity index (χ3v) is 6.31. The lowest BCUT2D eigenvalue weighted by Crippen LogP contribution is -2.20. The number of nitro groups is 1. The van der Waals surface area contributed by atoms with Gasteiger partial charge in [0.15, 0.2) is 9.84 Å². The molecular weight excluding hydrogens is 416 g/mol. The summed E-state index contributed by atoms with van der Waals surface area (Å²) >= 11 is 0. The Morgan fingerprint density at radius 2 is 2.00 bits per heavy atom. The lowest BCUT2D eigenvalue weighted by molar-refractivity contribution is -0.384. The summed E-state index contributed by atoms with van der Waals surface area (Å²) in [6.07, 6.45) is 0.371. The van der Waals surface area contributed by atoms with E-state index in [4.69, 9.17) is 4.74 Å². The summed E-state index contributed by atoms with van der Waals surface area (Å²) in [6, 6.07) is 4.44. The first-order valence-electron chi connectivity index (χ1n) is 9.14. The van der Waals surface area contributed by atoms with Crippen molar-refractivity contribution in [1.82, 2.24) is 9.78 Å². The summed E-state index contributed by atoms with van der Waals surface area (Å²) in [5, 5.41) is 18.1. The number of amides is 1. The van der Waals surface area contributed by atoms with Crippen molar-refractivity contribution in [3.63, 3.8) is 0 Å². The first-order valence-corrected chi connectivity index (χ1v) is 11.0. The second-order valence-corrected chi connectivity index (χ2v) is 9.10. The van der Waals surface area contributed by atoms with Crippen molar-refractivity contribution in [2.24, 2.45) is 0 Å². The number of esters is 1. The van der Waals surface area contributed by atoms with Crippen molar-refractivity contribution in [2.75, 3.05) is 23.4 Å². The average molecular weight is 436 g/mol. The van der Waals surface area contributed by atoms with Gasteiger partial charge in [-0.25, -0.2) is 17.9 Å². The van der Waals surface area contributed by atoms with Crippen LogP contribution in [0.3, 0.4) is 0 Å². The van der Waals surface area contributed by atoms with Crippen LogP contribution in [0.15, 0.2) is 24.3 Å². The Balaban J connectivity index is 1.91. The molecule has 1 aliphatic heterocycles. The van der Waals surface area contributed by atoms with E-state index < -0.39 is 38.4 Å². The van der Waals surface area contributed by atoms with Crippen LogP contribution in [0.5, 0.6) is 0 Å². The lowest BCUT2D eigenvalue weighted by atomic mass is 10.1. The Hall–Kier alpha value is -3.28. The first-order chi connectivity index (χ1) is 14.1. The SMILES string of the molecule is CCOC(=O)c1cc(C(=O)Nc2cc(C)nn2C2CCS(=O)(=O)C2)cc([N+](=O)[O-])c1. The molecule has 2 heterocycles. The van der Waals surface area contributed by atoms with Gasteiger partial charge in [-0.15, -0.1) is 0 Å². The van der Waals surface area contributed by atoms with Gasteiger partial charge in [-0.1, -0.05) is 0 Å². The van der Waals surface area contributed by atoms with Crippen molar-refractivity contribution in [3.05, 3.63) is 51.2 Å². The minimum absolute atomic E-state index is 0.0394. The van der Waals surface area contributed by atoms with Gasteiger partial charge in [-0.3, -0.25) is 14.9 Å². The second-order valence-electron chi connectivity index (χ2n) is 6.87. The van der Waals surface area contributed by atoms with Gasteiger partial charge in [0, 0.05) is 23.8 Å². The Bertz CT molecular complexity index is 1120. The number of rotatable bonds is 6. The van der Waals surface area contributed by atoms with E-state index in [1.807, 2.05) is 0 Å². The molecule has 1 aromatic carbocycles. The zero-order valence-electron chi connectivity index (χ0n) is 16.3. The predicted octanol–water partition coefficient (Wildman–Crippen LogP) is 1.89. The molecule has 1 unspecified atom stereocenters. The van der Waals surface area contributed by atoms with Crippen molar-refractivity contribution in [1.29, 1.82) is 0 Å². The molecule has 1 aliphatic rings. The minimum atomic E-state index is -3.17. The van der Waals surface area contributed by atoms with E-state index in [9.17, 15) is 28.1 Å². The minimum Gasteiger partial charge on any atom is -0.462 e. The molecule has 160 valence electrons. The average Bonchev–Trinajstić information content (AvgIpc) is 3.22. The Morgan fingerprint density at radius 3 is 2.60 bits per heavy atom. The molecule has 3 rings (SSSR count). The maximum Gasteiger partial charge on any atom is 0.338 e. The van der Waals surface area contributed by atoms with Crippen LogP contribution in [-0.2, 0) is 14.6 Å². The van der Waals surface area contributed by atoms with Crippen molar-refractivity contribution in [2.45, 2.75) is 26.3 Å². The standard InChI is InChI=1S/C18H20N4O7S/c1-3-29-18(24)13-7-12(8-15(9-13)22(25)26)17(23)19-16-6-11(2)20-21(16)14-4-5-30(27,28)10-14/h6-9,14H,3-5,10H2,1-2H3,(H,19,23). The van der Waals surface area contributed by atoms with Gasteiger partial charge in [0.2, 0.25) is 0 Å².